The summed E-state index contributed by atoms with van der Waals surface area (Å²) in [5, 5.41) is 3.42. The van der Waals surface area contributed by atoms with Gasteiger partial charge in [-0.1, -0.05) is 0 Å². The van der Waals surface area contributed by atoms with Crippen molar-refractivity contribution in [2.24, 2.45) is 0 Å². The van der Waals surface area contributed by atoms with E-state index >= 15 is 0 Å². The van der Waals surface area contributed by atoms with Gasteiger partial charge < -0.3 is 14.8 Å². The van der Waals surface area contributed by atoms with Crippen LogP contribution in [0.3, 0.4) is 0 Å². The third-order valence-corrected chi connectivity index (χ3v) is 2.79. The first kappa shape index (κ1) is 9.44. The van der Waals surface area contributed by atoms with Gasteiger partial charge in [0, 0.05) is 26.3 Å². The molecule has 2 aliphatic heterocycles. The SMILES string of the molecule is C1COC(CNC[C@H]2CCCO2)C1. The average Bonchev–Trinajstić information content (AvgIpc) is 2.75. The summed E-state index contributed by atoms with van der Waals surface area (Å²) in [5.41, 5.74) is 0. The molecule has 3 nitrogen and oxygen atoms in total. The monoisotopic (exact) mass is 185 g/mol. The van der Waals surface area contributed by atoms with E-state index in [4.69, 9.17) is 9.47 Å². The summed E-state index contributed by atoms with van der Waals surface area (Å²) in [6, 6.07) is 0. The van der Waals surface area contributed by atoms with E-state index < -0.39 is 0 Å². The summed E-state index contributed by atoms with van der Waals surface area (Å²) < 4.78 is 11.0. The summed E-state index contributed by atoms with van der Waals surface area (Å²) in [6.07, 6.45) is 5.82. The third kappa shape index (κ3) is 2.93. The molecule has 0 bridgehead atoms. The van der Waals surface area contributed by atoms with E-state index in [2.05, 4.69) is 5.32 Å². The van der Waals surface area contributed by atoms with Crippen molar-refractivity contribution in [2.45, 2.75) is 37.9 Å². The minimum absolute atomic E-state index is 0.460. The van der Waals surface area contributed by atoms with Gasteiger partial charge in [-0.25, -0.2) is 0 Å². The largest absolute Gasteiger partial charge is 0.377 e. The Labute approximate surface area is 79.8 Å². The van der Waals surface area contributed by atoms with Crippen molar-refractivity contribution in [3.63, 3.8) is 0 Å². The fourth-order valence-electron chi connectivity index (χ4n) is 2.02. The minimum atomic E-state index is 0.460. The molecule has 3 heteroatoms. The molecule has 0 amide bonds. The van der Waals surface area contributed by atoms with E-state index in [1.54, 1.807) is 0 Å². The van der Waals surface area contributed by atoms with Crippen LogP contribution in [0.15, 0.2) is 0 Å². The van der Waals surface area contributed by atoms with Gasteiger partial charge >= 0.3 is 0 Å². The molecule has 0 aromatic heterocycles. The van der Waals surface area contributed by atoms with Crippen molar-refractivity contribution in [3.05, 3.63) is 0 Å². The molecule has 0 spiro atoms. The lowest BCUT2D eigenvalue weighted by Crippen LogP contribution is -2.32. The zero-order valence-corrected chi connectivity index (χ0v) is 8.13. The highest BCUT2D eigenvalue weighted by Crippen LogP contribution is 2.12. The molecule has 1 unspecified atom stereocenters. The van der Waals surface area contributed by atoms with Crippen molar-refractivity contribution >= 4 is 0 Å². The van der Waals surface area contributed by atoms with Gasteiger partial charge in [0.05, 0.1) is 12.2 Å². The Morgan fingerprint density at radius 2 is 1.46 bits per heavy atom. The Kier molecular flexibility index (Phi) is 3.58. The molecule has 0 aromatic rings. The molecule has 2 saturated heterocycles. The smallest absolute Gasteiger partial charge is 0.0700 e. The summed E-state index contributed by atoms with van der Waals surface area (Å²) in [7, 11) is 0. The quantitative estimate of drug-likeness (QED) is 0.707. The number of rotatable bonds is 4. The first-order chi connectivity index (χ1) is 6.45. The Morgan fingerprint density at radius 1 is 0.923 bits per heavy atom. The second-order valence-corrected chi connectivity index (χ2v) is 3.93. The molecule has 1 N–H and O–H groups in total. The van der Waals surface area contributed by atoms with Crippen LogP contribution in [0.25, 0.3) is 0 Å². The first-order valence-corrected chi connectivity index (χ1v) is 5.39. The lowest BCUT2D eigenvalue weighted by atomic mass is 10.2. The molecule has 0 radical (unpaired) electrons. The van der Waals surface area contributed by atoms with Gasteiger partial charge in [-0.3, -0.25) is 0 Å². The van der Waals surface area contributed by atoms with E-state index in [9.17, 15) is 0 Å². The molecule has 0 saturated carbocycles. The molecule has 0 aromatic carbocycles. The van der Waals surface area contributed by atoms with E-state index in [1.165, 1.54) is 25.7 Å². The maximum Gasteiger partial charge on any atom is 0.0700 e. The van der Waals surface area contributed by atoms with E-state index in [0.29, 0.717) is 12.2 Å². The average molecular weight is 185 g/mol. The van der Waals surface area contributed by atoms with E-state index in [1.807, 2.05) is 0 Å². The van der Waals surface area contributed by atoms with Crippen LogP contribution in [0.1, 0.15) is 25.7 Å². The number of hydrogen-bond acceptors (Lipinski definition) is 3. The highest BCUT2D eigenvalue weighted by Gasteiger charge is 2.17. The summed E-state index contributed by atoms with van der Waals surface area (Å²) in [6.45, 7) is 3.90. The predicted octanol–water partition coefficient (Wildman–Crippen LogP) is 0.934. The van der Waals surface area contributed by atoms with Crippen LogP contribution >= 0.6 is 0 Å². The highest BCUT2D eigenvalue weighted by atomic mass is 16.5. The number of hydrogen-bond donors (Lipinski definition) is 1. The Bertz CT molecular complexity index is 124. The van der Waals surface area contributed by atoms with Gasteiger partial charge in [0.15, 0.2) is 0 Å². The lowest BCUT2D eigenvalue weighted by molar-refractivity contribution is 0.0907. The van der Waals surface area contributed by atoms with Gasteiger partial charge in [0.25, 0.3) is 0 Å². The van der Waals surface area contributed by atoms with Crippen LogP contribution in [-0.2, 0) is 9.47 Å². The van der Waals surface area contributed by atoms with E-state index in [-0.39, 0.29) is 0 Å². The molecule has 2 atom stereocenters. The van der Waals surface area contributed by atoms with Crippen LogP contribution in [0.2, 0.25) is 0 Å². The van der Waals surface area contributed by atoms with Crippen molar-refractivity contribution in [2.75, 3.05) is 26.3 Å². The summed E-state index contributed by atoms with van der Waals surface area (Å²) >= 11 is 0. The summed E-state index contributed by atoms with van der Waals surface area (Å²) in [5.74, 6) is 0. The minimum Gasteiger partial charge on any atom is -0.377 e. The summed E-state index contributed by atoms with van der Waals surface area (Å²) in [4.78, 5) is 0. The molecule has 2 aliphatic rings. The molecule has 2 heterocycles. The molecule has 2 fully saturated rings. The number of ether oxygens (including phenoxy) is 2. The fraction of sp³-hybridized carbons (Fsp3) is 1.00. The Morgan fingerprint density at radius 3 is 1.85 bits per heavy atom. The lowest BCUT2D eigenvalue weighted by Gasteiger charge is -2.13. The van der Waals surface area contributed by atoms with Crippen LogP contribution in [0, 0.1) is 0 Å². The normalized spacial score (nSPS) is 34.2. The van der Waals surface area contributed by atoms with Gasteiger partial charge in [-0.05, 0) is 25.7 Å². The van der Waals surface area contributed by atoms with Gasteiger partial charge in [0.1, 0.15) is 0 Å². The van der Waals surface area contributed by atoms with Crippen LogP contribution in [0.5, 0.6) is 0 Å². The highest BCUT2D eigenvalue weighted by molar-refractivity contribution is 4.71. The van der Waals surface area contributed by atoms with Gasteiger partial charge in [-0.15, -0.1) is 0 Å². The third-order valence-electron chi connectivity index (χ3n) is 2.79. The second kappa shape index (κ2) is 4.94. The molecule has 2 rings (SSSR count). The number of nitrogens with one attached hydrogen (secondary N) is 1. The van der Waals surface area contributed by atoms with Crippen molar-refractivity contribution in [1.29, 1.82) is 0 Å². The Hall–Kier alpha value is -0.120. The first-order valence-electron chi connectivity index (χ1n) is 5.39. The van der Waals surface area contributed by atoms with Crippen molar-refractivity contribution in [1.82, 2.24) is 5.32 Å². The van der Waals surface area contributed by atoms with Crippen LogP contribution in [0.4, 0.5) is 0 Å². The molecular weight excluding hydrogens is 166 g/mol. The molecule has 76 valence electrons. The van der Waals surface area contributed by atoms with Crippen molar-refractivity contribution < 1.29 is 9.47 Å². The zero-order chi connectivity index (χ0) is 8.93. The molecule has 13 heavy (non-hydrogen) atoms. The second-order valence-electron chi connectivity index (χ2n) is 3.93. The maximum absolute atomic E-state index is 5.51. The van der Waals surface area contributed by atoms with Crippen molar-refractivity contribution in [3.8, 4) is 0 Å². The molecule has 0 aliphatic carbocycles. The maximum atomic E-state index is 5.51. The zero-order valence-electron chi connectivity index (χ0n) is 8.13. The van der Waals surface area contributed by atoms with Gasteiger partial charge in [-0.2, -0.15) is 0 Å². The standard InChI is InChI=1S/C10H19NO2/c1-3-9(12-5-1)7-11-8-10-4-2-6-13-10/h9-11H,1-8H2/t9-,10?/m1/s1. The van der Waals surface area contributed by atoms with E-state index in [0.717, 1.165) is 26.3 Å². The predicted molar refractivity (Wildman–Crippen MR) is 50.8 cm³/mol. The fourth-order valence-corrected chi connectivity index (χ4v) is 2.02. The van der Waals surface area contributed by atoms with Crippen LogP contribution in [-0.4, -0.2) is 38.5 Å². The van der Waals surface area contributed by atoms with Crippen LogP contribution < -0.4 is 5.32 Å². The molecular formula is C10H19NO2. The topological polar surface area (TPSA) is 30.5 Å². The van der Waals surface area contributed by atoms with Gasteiger partial charge in [0.2, 0.25) is 0 Å². The Balaban J connectivity index is 1.52.